The van der Waals surface area contributed by atoms with Gasteiger partial charge in [-0.2, -0.15) is 0 Å². The quantitative estimate of drug-likeness (QED) is 0.257. The van der Waals surface area contributed by atoms with Crippen LogP contribution >= 0.6 is 0 Å². The lowest BCUT2D eigenvalue weighted by atomic mass is 9.96. The highest BCUT2D eigenvalue weighted by atomic mass is 16.1. The zero-order valence-corrected chi connectivity index (χ0v) is 24.6. The molecule has 1 amide bonds. The summed E-state index contributed by atoms with van der Waals surface area (Å²) in [5.41, 5.74) is 8.00. The summed E-state index contributed by atoms with van der Waals surface area (Å²) in [5, 5.41) is 3.01. The van der Waals surface area contributed by atoms with E-state index in [0.29, 0.717) is 12.1 Å². The number of amides is 1. The van der Waals surface area contributed by atoms with E-state index in [-0.39, 0.29) is 5.91 Å². The number of benzene rings is 1. The first-order valence-electron chi connectivity index (χ1n) is 13.4. The van der Waals surface area contributed by atoms with Crippen LogP contribution in [0.4, 0.5) is 0 Å². The molecule has 2 aromatic heterocycles. The fraction of sp³-hybridized carbons (Fsp3) is 0.333. The molecule has 0 unspecified atom stereocenters. The lowest BCUT2D eigenvalue weighted by Crippen LogP contribution is -2.24. The molecule has 204 valence electrons. The van der Waals surface area contributed by atoms with Crippen molar-refractivity contribution in [2.75, 3.05) is 0 Å². The first-order chi connectivity index (χ1) is 18.4. The first kappa shape index (κ1) is 34.1. The number of hydrogen-bond acceptors (Lipinski definition) is 4. The standard InChI is InChI=1S/C27H29N3O.C2H4O.2C2H6/c1-5-8-23(6-2)26-16-21(13-14-28-26)15-24-9-7-10-25(20(24)4)27(31)30-18-22-12-11-19(3)29-17-22;1-2-3;2*1-2/h5-14,16-17H,15,18H2,1-4H3,(H,30,31);2H,1H3;2*1-2H3/b8-5-,23-6+;;;. The first-order valence-corrected chi connectivity index (χ1v) is 13.4. The highest BCUT2D eigenvalue weighted by molar-refractivity contribution is 5.95. The van der Waals surface area contributed by atoms with Crippen LogP contribution in [-0.2, 0) is 17.8 Å². The van der Waals surface area contributed by atoms with Crippen LogP contribution in [-0.4, -0.2) is 22.2 Å². The average molecular weight is 516 g/mol. The zero-order valence-electron chi connectivity index (χ0n) is 24.6. The van der Waals surface area contributed by atoms with Crippen LogP contribution in [0.3, 0.4) is 0 Å². The van der Waals surface area contributed by atoms with Gasteiger partial charge < -0.3 is 10.1 Å². The molecule has 0 radical (unpaired) electrons. The Labute approximate surface area is 230 Å². The molecule has 0 atom stereocenters. The van der Waals surface area contributed by atoms with Crippen molar-refractivity contribution >= 4 is 17.8 Å². The number of nitrogens with zero attached hydrogens (tertiary/aromatic N) is 2. The van der Waals surface area contributed by atoms with E-state index in [2.05, 4.69) is 39.6 Å². The van der Waals surface area contributed by atoms with Crippen molar-refractivity contribution in [3.63, 3.8) is 0 Å². The Kier molecular flexibility index (Phi) is 18.2. The van der Waals surface area contributed by atoms with E-state index in [1.54, 1.807) is 6.20 Å². The van der Waals surface area contributed by atoms with Gasteiger partial charge >= 0.3 is 0 Å². The summed E-state index contributed by atoms with van der Waals surface area (Å²) >= 11 is 0. The molecule has 5 nitrogen and oxygen atoms in total. The minimum Gasteiger partial charge on any atom is -0.348 e. The second kappa shape index (κ2) is 20.2. The molecule has 3 rings (SSSR count). The van der Waals surface area contributed by atoms with E-state index >= 15 is 0 Å². The van der Waals surface area contributed by atoms with Crippen LogP contribution in [0.5, 0.6) is 0 Å². The SMILES string of the molecule is C/C=C\C(=C/C)c1cc(Cc2cccc(C(=O)NCc3ccc(C)nc3)c2C)ccn1.CC.CC.CC=O. The highest BCUT2D eigenvalue weighted by Crippen LogP contribution is 2.20. The number of hydrogen-bond donors (Lipinski definition) is 1. The predicted octanol–water partition coefficient (Wildman–Crippen LogP) is 7.85. The summed E-state index contributed by atoms with van der Waals surface area (Å²) in [4.78, 5) is 30.4. The number of aromatic nitrogens is 2. The van der Waals surface area contributed by atoms with E-state index < -0.39 is 0 Å². The topological polar surface area (TPSA) is 72.0 Å². The second-order valence-electron chi connectivity index (χ2n) is 7.79. The molecule has 38 heavy (non-hydrogen) atoms. The Hall–Kier alpha value is -3.86. The van der Waals surface area contributed by atoms with E-state index in [9.17, 15) is 4.79 Å². The summed E-state index contributed by atoms with van der Waals surface area (Å²) in [5.74, 6) is -0.0698. The number of allylic oxidation sites excluding steroid dienone is 4. The maximum atomic E-state index is 12.8. The maximum Gasteiger partial charge on any atom is 0.251 e. The van der Waals surface area contributed by atoms with Crippen LogP contribution in [0, 0.1) is 13.8 Å². The van der Waals surface area contributed by atoms with E-state index in [4.69, 9.17) is 4.79 Å². The molecule has 0 saturated carbocycles. The monoisotopic (exact) mass is 515 g/mol. The summed E-state index contributed by atoms with van der Waals surface area (Å²) in [7, 11) is 0. The van der Waals surface area contributed by atoms with Crippen molar-refractivity contribution in [3.05, 3.63) is 112 Å². The molecule has 0 aliphatic rings. The van der Waals surface area contributed by atoms with Gasteiger partial charge in [0.05, 0.1) is 5.69 Å². The molecule has 2 heterocycles. The molecule has 0 bridgehead atoms. The second-order valence-corrected chi connectivity index (χ2v) is 7.79. The number of rotatable bonds is 7. The van der Waals surface area contributed by atoms with Gasteiger partial charge in [-0.25, -0.2) is 0 Å². The number of aldehydes is 1. The third kappa shape index (κ3) is 11.5. The number of carbonyl (C=O) groups is 2. The molecule has 5 heteroatoms. The Morgan fingerprint density at radius 2 is 1.61 bits per heavy atom. The number of nitrogens with one attached hydrogen (secondary N) is 1. The molecule has 3 aromatic rings. The van der Waals surface area contributed by atoms with Crippen LogP contribution in [0.15, 0.2) is 73.1 Å². The summed E-state index contributed by atoms with van der Waals surface area (Å²) in [6, 6.07) is 14.0. The molecule has 0 saturated heterocycles. The molecular weight excluding hydrogens is 470 g/mol. The predicted molar refractivity (Wildman–Crippen MR) is 161 cm³/mol. The van der Waals surface area contributed by atoms with Crippen molar-refractivity contribution in [2.24, 2.45) is 0 Å². The van der Waals surface area contributed by atoms with Gasteiger partial charge in [-0.05, 0) is 93.1 Å². The summed E-state index contributed by atoms with van der Waals surface area (Å²) < 4.78 is 0. The van der Waals surface area contributed by atoms with Crippen LogP contribution < -0.4 is 5.32 Å². The minimum atomic E-state index is -0.0698. The maximum absolute atomic E-state index is 12.8. The van der Waals surface area contributed by atoms with Gasteiger partial charge in [0, 0.05) is 30.2 Å². The normalized spacial score (nSPS) is 10.2. The summed E-state index contributed by atoms with van der Waals surface area (Å²) in [6.07, 6.45) is 11.3. The fourth-order valence-electron chi connectivity index (χ4n) is 3.47. The highest BCUT2D eigenvalue weighted by Gasteiger charge is 2.12. The van der Waals surface area contributed by atoms with E-state index in [0.717, 1.165) is 46.4 Å². The molecule has 0 fully saturated rings. The molecule has 0 spiro atoms. The van der Waals surface area contributed by atoms with Gasteiger partial charge in [0.15, 0.2) is 0 Å². The molecule has 0 aliphatic heterocycles. The van der Waals surface area contributed by atoms with Gasteiger partial charge in [-0.15, -0.1) is 0 Å². The lowest BCUT2D eigenvalue weighted by Gasteiger charge is -2.13. The van der Waals surface area contributed by atoms with Crippen molar-refractivity contribution in [3.8, 4) is 0 Å². The molecule has 0 aliphatic carbocycles. The molecule has 1 aromatic carbocycles. The number of carbonyl (C=O) groups excluding carboxylic acids is 2. The van der Waals surface area contributed by atoms with Crippen molar-refractivity contribution < 1.29 is 9.59 Å². The minimum absolute atomic E-state index is 0.0698. The molecular formula is C33H45N3O2. The average Bonchev–Trinajstić information content (AvgIpc) is 2.95. The number of aryl methyl sites for hydroxylation is 1. The molecule has 1 N–H and O–H groups in total. The van der Waals surface area contributed by atoms with Gasteiger partial charge in [0.1, 0.15) is 6.29 Å². The van der Waals surface area contributed by atoms with E-state index in [1.165, 1.54) is 12.5 Å². The third-order valence-electron chi connectivity index (χ3n) is 5.29. The zero-order chi connectivity index (χ0) is 28.9. The largest absolute Gasteiger partial charge is 0.348 e. The van der Waals surface area contributed by atoms with Crippen molar-refractivity contribution in [1.82, 2.24) is 15.3 Å². The van der Waals surface area contributed by atoms with E-state index in [1.807, 2.05) is 98.0 Å². The van der Waals surface area contributed by atoms with Crippen molar-refractivity contribution in [1.29, 1.82) is 0 Å². The Balaban J connectivity index is 0.00000179. The van der Waals surface area contributed by atoms with Crippen molar-refractivity contribution in [2.45, 2.75) is 75.3 Å². The van der Waals surface area contributed by atoms with Crippen LogP contribution in [0.2, 0.25) is 0 Å². The summed E-state index contributed by atoms with van der Waals surface area (Å²) in [6.45, 7) is 17.9. The third-order valence-corrected chi connectivity index (χ3v) is 5.29. The van der Waals surface area contributed by atoms with Crippen LogP contribution in [0.1, 0.15) is 92.5 Å². The Morgan fingerprint density at radius 1 is 0.921 bits per heavy atom. The van der Waals surface area contributed by atoms with Gasteiger partial charge in [-0.1, -0.05) is 64.1 Å². The van der Waals surface area contributed by atoms with Crippen LogP contribution in [0.25, 0.3) is 5.57 Å². The Morgan fingerprint density at radius 3 is 2.18 bits per heavy atom. The van der Waals surface area contributed by atoms with Gasteiger partial charge in [0.2, 0.25) is 0 Å². The lowest BCUT2D eigenvalue weighted by molar-refractivity contribution is -0.106. The van der Waals surface area contributed by atoms with Gasteiger partial charge in [-0.3, -0.25) is 14.8 Å². The van der Waals surface area contributed by atoms with Gasteiger partial charge in [0.25, 0.3) is 5.91 Å². The fourth-order valence-corrected chi connectivity index (χ4v) is 3.47. The Bertz CT molecular complexity index is 1160. The number of pyridine rings is 2. The smallest absolute Gasteiger partial charge is 0.251 e.